The molecule has 0 aliphatic heterocycles. The lowest BCUT2D eigenvalue weighted by molar-refractivity contribution is -0.136. The van der Waals surface area contributed by atoms with Crippen molar-refractivity contribution in [3.8, 4) is 0 Å². The van der Waals surface area contributed by atoms with Gasteiger partial charge < -0.3 is 4.42 Å². The van der Waals surface area contributed by atoms with Crippen LogP contribution in [0, 0.1) is 6.92 Å². The van der Waals surface area contributed by atoms with Crippen molar-refractivity contribution >= 4 is 0 Å². The Kier molecular flexibility index (Phi) is 3.76. The summed E-state index contributed by atoms with van der Waals surface area (Å²) in [4.78, 5) is 0. The van der Waals surface area contributed by atoms with Gasteiger partial charge in [-0.05, 0) is 25.5 Å². The fraction of sp³-hybridized carbons (Fsp3) is 0.556. The first-order chi connectivity index (χ1) is 6.92. The Bertz CT molecular complexity index is 309. The molecule has 86 valence electrons. The van der Waals surface area contributed by atoms with Crippen molar-refractivity contribution in [2.45, 2.75) is 32.0 Å². The Morgan fingerprint density at radius 1 is 1.47 bits per heavy atom. The van der Waals surface area contributed by atoms with E-state index in [1.165, 1.54) is 0 Å². The summed E-state index contributed by atoms with van der Waals surface area (Å²) in [7, 11) is 0. The average Bonchev–Trinajstić information content (AvgIpc) is 2.51. The van der Waals surface area contributed by atoms with Crippen molar-refractivity contribution < 1.29 is 17.6 Å². The van der Waals surface area contributed by atoms with Gasteiger partial charge in [-0.25, -0.2) is 5.43 Å². The van der Waals surface area contributed by atoms with E-state index in [2.05, 4.69) is 5.43 Å². The summed E-state index contributed by atoms with van der Waals surface area (Å²) in [6, 6.07) is 2.71. The lowest BCUT2D eigenvalue weighted by Crippen LogP contribution is -2.28. The number of nitrogens with one attached hydrogen (secondary N) is 1. The second kappa shape index (κ2) is 4.67. The highest BCUT2D eigenvalue weighted by molar-refractivity contribution is 5.09. The predicted octanol–water partition coefficient (Wildman–Crippen LogP) is 2.43. The van der Waals surface area contributed by atoms with Crippen molar-refractivity contribution in [3.63, 3.8) is 0 Å². The first-order valence-corrected chi connectivity index (χ1v) is 4.51. The third-order valence-corrected chi connectivity index (χ3v) is 2.02. The van der Waals surface area contributed by atoms with Gasteiger partial charge in [0.1, 0.15) is 11.5 Å². The van der Waals surface area contributed by atoms with E-state index >= 15 is 0 Å². The third kappa shape index (κ3) is 3.93. The van der Waals surface area contributed by atoms with Gasteiger partial charge in [0.05, 0.1) is 6.04 Å². The largest absolute Gasteiger partial charge is 0.465 e. The zero-order chi connectivity index (χ0) is 11.5. The van der Waals surface area contributed by atoms with E-state index in [0.717, 1.165) is 0 Å². The maximum atomic E-state index is 12.0. The Labute approximate surface area is 85.4 Å². The van der Waals surface area contributed by atoms with E-state index in [0.29, 0.717) is 11.5 Å². The summed E-state index contributed by atoms with van der Waals surface area (Å²) in [5.41, 5.74) is 2.31. The average molecular weight is 222 g/mol. The summed E-state index contributed by atoms with van der Waals surface area (Å²) in [6.45, 7) is 1.72. The molecule has 0 bridgehead atoms. The molecule has 1 heterocycles. The van der Waals surface area contributed by atoms with Crippen LogP contribution in [0.25, 0.3) is 0 Å². The van der Waals surface area contributed by atoms with Gasteiger partial charge in [-0.1, -0.05) is 0 Å². The lowest BCUT2D eigenvalue weighted by Gasteiger charge is -2.14. The van der Waals surface area contributed by atoms with Crippen LogP contribution in [0.4, 0.5) is 13.2 Å². The van der Waals surface area contributed by atoms with E-state index in [1.54, 1.807) is 19.1 Å². The van der Waals surface area contributed by atoms with Crippen molar-refractivity contribution in [2.75, 3.05) is 0 Å². The lowest BCUT2D eigenvalue weighted by atomic mass is 10.1. The summed E-state index contributed by atoms with van der Waals surface area (Å²) >= 11 is 0. The van der Waals surface area contributed by atoms with E-state index in [4.69, 9.17) is 10.3 Å². The molecule has 0 radical (unpaired) electrons. The molecular weight excluding hydrogens is 209 g/mol. The Morgan fingerprint density at radius 2 is 2.13 bits per heavy atom. The summed E-state index contributed by atoms with van der Waals surface area (Å²) in [5.74, 6) is 6.25. The molecule has 0 aliphatic rings. The summed E-state index contributed by atoms with van der Waals surface area (Å²) in [6.07, 6.45) is -5.19. The van der Waals surface area contributed by atoms with Crippen LogP contribution in [-0.4, -0.2) is 6.18 Å². The van der Waals surface area contributed by atoms with Crippen LogP contribution < -0.4 is 11.3 Å². The quantitative estimate of drug-likeness (QED) is 0.607. The van der Waals surface area contributed by atoms with Gasteiger partial charge in [0, 0.05) is 6.42 Å². The minimum absolute atomic E-state index is 0.132. The number of nitrogens with two attached hydrogens (primary N) is 1. The Hall–Kier alpha value is -1.01. The number of hydrazine groups is 1. The van der Waals surface area contributed by atoms with Gasteiger partial charge in [0.2, 0.25) is 0 Å². The van der Waals surface area contributed by atoms with Gasteiger partial charge >= 0.3 is 6.18 Å². The first-order valence-electron chi connectivity index (χ1n) is 4.51. The summed E-state index contributed by atoms with van der Waals surface area (Å²) < 4.78 is 41.1. The highest BCUT2D eigenvalue weighted by Crippen LogP contribution is 2.27. The fourth-order valence-corrected chi connectivity index (χ4v) is 1.26. The van der Waals surface area contributed by atoms with Crippen LogP contribution in [0.5, 0.6) is 0 Å². The Morgan fingerprint density at radius 3 is 2.53 bits per heavy atom. The molecule has 1 aromatic rings. The van der Waals surface area contributed by atoms with Crippen molar-refractivity contribution in [2.24, 2.45) is 5.84 Å². The maximum absolute atomic E-state index is 12.0. The number of rotatable bonds is 4. The zero-order valence-corrected chi connectivity index (χ0v) is 8.27. The molecule has 0 aromatic carbocycles. The molecular formula is C9H13F3N2O. The molecule has 6 heteroatoms. The van der Waals surface area contributed by atoms with Crippen LogP contribution in [0.15, 0.2) is 16.5 Å². The van der Waals surface area contributed by atoms with E-state index in [1.807, 2.05) is 0 Å². The van der Waals surface area contributed by atoms with Gasteiger partial charge in [0.15, 0.2) is 0 Å². The van der Waals surface area contributed by atoms with Gasteiger partial charge in [-0.2, -0.15) is 13.2 Å². The predicted molar refractivity (Wildman–Crippen MR) is 48.8 cm³/mol. The number of hydrogen-bond acceptors (Lipinski definition) is 3. The van der Waals surface area contributed by atoms with Crippen LogP contribution >= 0.6 is 0 Å². The van der Waals surface area contributed by atoms with Crippen molar-refractivity contribution in [1.82, 2.24) is 5.43 Å². The van der Waals surface area contributed by atoms with Gasteiger partial charge in [-0.3, -0.25) is 5.84 Å². The zero-order valence-electron chi connectivity index (χ0n) is 8.27. The molecule has 1 atom stereocenters. The topological polar surface area (TPSA) is 51.2 Å². The molecule has 1 unspecified atom stereocenters. The number of aryl methyl sites for hydroxylation is 1. The molecule has 0 saturated heterocycles. The highest BCUT2D eigenvalue weighted by Gasteiger charge is 2.29. The second-order valence-electron chi connectivity index (χ2n) is 3.32. The molecule has 0 fully saturated rings. The van der Waals surface area contributed by atoms with Crippen molar-refractivity contribution in [3.05, 3.63) is 23.7 Å². The number of hydrogen-bond donors (Lipinski definition) is 2. The molecule has 3 nitrogen and oxygen atoms in total. The molecule has 0 spiro atoms. The normalized spacial score (nSPS) is 14.2. The van der Waals surface area contributed by atoms with Crippen LogP contribution in [0.1, 0.15) is 30.4 Å². The monoisotopic (exact) mass is 222 g/mol. The minimum Gasteiger partial charge on any atom is -0.465 e. The second-order valence-corrected chi connectivity index (χ2v) is 3.32. The molecule has 0 aliphatic carbocycles. The van der Waals surface area contributed by atoms with Gasteiger partial charge in [-0.15, -0.1) is 0 Å². The fourth-order valence-electron chi connectivity index (χ4n) is 1.26. The number of halogens is 3. The van der Waals surface area contributed by atoms with Crippen LogP contribution in [-0.2, 0) is 0 Å². The van der Waals surface area contributed by atoms with E-state index in [9.17, 15) is 13.2 Å². The molecule has 0 amide bonds. The van der Waals surface area contributed by atoms with Gasteiger partial charge in [0.25, 0.3) is 0 Å². The molecule has 1 rings (SSSR count). The third-order valence-electron chi connectivity index (χ3n) is 2.02. The molecule has 15 heavy (non-hydrogen) atoms. The molecule has 0 saturated carbocycles. The number of furan rings is 1. The van der Waals surface area contributed by atoms with E-state index in [-0.39, 0.29) is 6.42 Å². The van der Waals surface area contributed by atoms with E-state index < -0.39 is 18.6 Å². The van der Waals surface area contributed by atoms with Crippen LogP contribution in [0.3, 0.4) is 0 Å². The first kappa shape index (κ1) is 12.1. The SMILES string of the molecule is Cc1ccc(C(CCC(F)(F)F)NN)o1. The number of alkyl halides is 3. The Balaban J connectivity index is 2.57. The minimum atomic E-state index is -4.17. The molecule has 3 N–H and O–H groups in total. The molecule has 1 aromatic heterocycles. The maximum Gasteiger partial charge on any atom is 0.389 e. The summed E-state index contributed by atoms with van der Waals surface area (Å²) in [5, 5.41) is 0. The van der Waals surface area contributed by atoms with Crippen LogP contribution in [0.2, 0.25) is 0 Å². The highest BCUT2D eigenvalue weighted by atomic mass is 19.4. The standard InChI is InChI=1S/C9H13F3N2O/c1-6-2-3-8(15-6)7(14-13)4-5-9(10,11)12/h2-3,7,14H,4-5,13H2,1H3. The smallest absolute Gasteiger partial charge is 0.389 e. The van der Waals surface area contributed by atoms with Crippen molar-refractivity contribution in [1.29, 1.82) is 0 Å².